The molecule has 0 aliphatic rings. The van der Waals surface area contributed by atoms with Crippen LogP contribution in [0.3, 0.4) is 0 Å². The van der Waals surface area contributed by atoms with E-state index >= 15 is 0 Å². The van der Waals surface area contributed by atoms with Crippen molar-refractivity contribution < 1.29 is 24.2 Å². The molecule has 0 aliphatic carbocycles. The fourth-order valence-corrected chi connectivity index (χ4v) is 0.695. The molecule has 13 heavy (non-hydrogen) atoms. The van der Waals surface area contributed by atoms with E-state index in [-0.39, 0.29) is 5.89 Å². The Balaban J connectivity index is 3.08. The van der Waals surface area contributed by atoms with Crippen LogP contribution in [-0.4, -0.2) is 27.1 Å². The number of hydrogen-bond donors (Lipinski definition) is 2. The molecule has 0 aromatic carbocycles. The number of carbonyl (C=O) groups is 2. The van der Waals surface area contributed by atoms with Crippen LogP contribution in [0.4, 0.5) is 0 Å². The van der Waals surface area contributed by atoms with Crippen LogP contribution in [0.15, 0.2) is 23.0 Å². The largest absolute Gasteiger partial charge is 0.478 e. The molecule has 0 bridgehead atoms. The summed E-state index contributed by atoms with van der Waals surface area (Å²) in [6, 6.07) is 0. The van der Waals surface area contributed by atoms with Crippen molar-refractivity contribution in [3.05, 3.63) is 24.4 Å². The number of oxazole rings is 1. The van der Waals surface area contributed by atoms with Gasteiger partial charge in [-0.25, -0.2) is 14.6 Å². The summed E-state index contributed by atoms with van der Waals surface area (Å²) in [7, 11) is 0. The van der Waals surface area contributed by atoms with Crippen molar-refractivity contribution in [3.8, 4) is 0 Å². The monoisotopic (exact) mass is 183 g/mol. The van der Waals surface area contributed by atoms with E-state index in [4.69, 9.17) is 10.2 Å². The molecule has 0 radical (unpaired) electrons. The Kier molecular flexibility index (Phi) is 2.44. The molecule has 0 unspecified atom stereocenters. The molecule has 6 heteroatoms. The van der Waals surface area contributed by atoms with Gasteiger partial charge in [-0.3, -0.25) is 0 Å². The molecule has 0 amide bonds. The van der Waals surface area contributed by atoms with Crippen LogP contribution in [0, 0.1) is 0 Å². The zero-order valence-corrected chi connectivity index (χ0v) is 6.30. The van der Waals surface area contributed by atoms with Gasteiger partial charge in [0.1, 0.15) is 11.8 Å². The standard InChI is InChI=1S/C7H5NO5/c9-5(10)3-4(7(11)12)6-8-1-2-13-6/h1-3H,(H,9,10)(H,11,12)/b4-3+. The van der Waals surface area contributed by atoms with Gasteiger partial charge in [0.05, 0.1) is 6.20 Å². The highest BCUT2D eigenvalue weighted by molar-refractivity contribution is 6.17. The van der Waals surface area contributed by atoms with Crippen molar-refractivity contribution in [1.29, 1.82) is 0 Å². The summed E-state index contributed by atoms with van der Waals surface area (Å²) in [5.41, 5.74) is -0.488. The number of carboxylic acid groups (broad SMARTS) is 2. The van der Waals surface area contributed by atoms with E-state index in [1.54, 1.807) is 0 Å². The van der Waals surface area contributed by atoms with Crippen LogP contribution in [0.25, 0.3) is 5.57 Å². The third-order valence-electron chi connectivity index (χ3n) is 1.16. The van der Waals surface area contributed by atoms with Crippen LogP contribution in [0.5, 0.6) is 0 Å². The number of nitrogens with zero attached hydrogens (tertiary/aromatic N) is 1. The zero-order valence-electron chi connectivity index (χ0n) is 6.30. The number of hydrogen-bond acceptors (Lipinski definition) is 4. The van der Waals surface area contributed by atoms with Gasteiger partial charge in [0.25, 0.3) is 0 Å². The number of aromatic nitrogens is 1. The predicted octanol–water partition coefficient (Wildman–Crippen LogP) is 0.227. The predicted molar refractivity (Wildman–Crippen MR) is 39.8 cm³/mol. The zero-order chi connectivity index (χ0) is 9.84. The minimum Gasteiger partial charge on any atom is -0.478 e. The summed E-state index contributed by atoms with van der Waals surface area (Å²) in [4.78, 5) is 24.2. The molecule has 0 saturated carbocycles. The Hall–Kier alpha value is -2.11. The van der Waals surface area contributed by atoms with Crippen molar-refractivity contribution in [2.45, 2.75) is 0 Å². The quantitative estimate of drug-likeness (QED) is 0.650. The molecule has 1 aromatic heterocycles. The second-order valence-electron chi connectivity index (χ2n) is 2.04. The molecular formula is C7H5NO5. The molecular weight excluding hydrogens is 178 g/mol. The Bertz CT molecular complexity index is 351. The first-order valence-electron chi connectivity index (χ1n) is 3.19. The maximum absolute atomic E-state index is 10.5. The van der Waals surface area contributed by atoms with Gasteiger partial charge in [-0.15, -0.1) is 0 Å². The first-order valence-corrected chi connectivity index (χ1v) is 3.19. The van der Waals surface area contributed by atoms with Crippen LogP contribution in [-0.2, 0) is 9.59 Å². The number of aliphatic carboxylic acids is 2. The van der Waals surface area contributed by atoms with Crippen LogP contribution in [0.2, 0.25) is 0 Å². The van der Waals surface area contributed by atoms with Crippen molar-refractivity contribution in [3.63, 3.8) is 0 Å². The van der Waals surface area contributed by atoms with E-state index < -0.39 is 17.5 Å². The highest BCUT2D eigenvalue weighted by atomic mass is 16.4. The van der Waals surface area contributed by atoms with Crippen LogP contribution >= 0.6 is 0 Å². The summed E-state index contributed by atoms with van der Waals surface area (Å²) < 4.78 is 4.63. The van der Waals surface area contributed by atoms with E-state index in [0.29, 0.717) is 6.08 Å². The van der Waals surface area contributed by atoms with Crippen molar-refractivity contribution in [2.75, 3.05) is 0 Å². The van der Waals surface area contributed by atoms with Gasteiger partial charge in [-0.05, 0) is 0 Å². The first-order chi connectivity index (χ1) is 6.11. The fourth-order valence-electron chi connectivity index (χ4n) is 0.695. The number of carboxylic acids is 2. The lowest BCUT2D eigenvalue weighted by molar-refractivity contribution is -0.133. The topological polar surface area (TPSA) is 101 Å². The van der Waals surface area contributed by atoms with E-state index in [9.17, 15) is 9.59 Å². The molecule has 0 spiro atoms. The fraction of sp³-hybridized carbons (Fsp3) is 0. The molecule has 0 aliphatic heterocycles. The average molecular weight is 183 g/mol. The highest BCUT2D eigenvalue weighted by Crippen LogP contribution is 2.11. The maximum Gasteiger partial charge on any atom is 0.341 e. The molecule has 1 aromatic rings. The highest BCUT2D eigenvalue weighted by Gasteiger charge is 2.16. The molecule has 1 rings (SSSR count). The van der Waals surface area contributed by atoms with Gasteiger partial charge < -0.3 is 14.6 Å². The Labute approximate surface area is 72.1 Å². The van der Waals surface area contributed by atoms with E-state index in [1.807, 2.05) is 0 Å². The molecule has 2 N–H and O–H groups in total. The SMILES string of the molecule is O=C(O)/C=C(/C(=O)O)c1ncco1. The van der Waals surface area contributed by atoms with Crippen LogP contribution < -0.4 is 0 Å². The van der Waals surface area contributed by atoms with Crippen molar-refractivity contribution >= 4 is 17.5 Å². The maximum atomic E-state index is 10.5. The Morgan fingerprint density at radius 2 is 2.15 bits per heavy atom. The summed E-state index contributed by atoms with van der Waals surface area (Å²) >= 11 is 0. The normalized spacial score (nSPS) is 11.2. The molecule has 1 heterocycles. The van der Waals surface area contributed by atoms with Crippen molar-refractivity contribution in [1.82, 2.24) is 4.98 Å². The van der Waals surface area contributed by atoms with Gasteiger partial charge in [-0.1, -0.05) is 0 Å². The minimum atomic E-state index is -1.40. The van der Waals surface area contributed by atoms with Gasteiger partial charge in [0.2, 0.25) is 5.89 Å². The van der Waals surface area contributed by atoms with Gasteiger partial charge >= 0.3 is 11.9 Å². The Morgan fingerprint density at radius 3 is 2.54 bits per heavy atom. The van der Waals surface area contributed by atoms with Gasteiger partial charge in [-0.2, -0.15) is 0 Å². The molecule has 0 saturated heterocycles. The number of rotatable bonds is 3. The first kappa shape index (κ1) is 8.98. The second kappa shape index (κ2) is 3.53. The average Bonchev–Trinajstić information content (AvgIpc) is 2.50. The lowest BCUT2D eigenvalue weighted by Crippen LogP contribution is -2.03. The van der Waals surface area contributed by atoms with E-state index in [0.717, 1.165) is 6.26 Å². The third kappa shape index (κ3) is 2.16. The van der Waals surface area contributed by atoms with Crippen molar-refractivity contribution in [2.24, 2.45) is 0 Å². The minimum absolute atomic E-state index is 0.227. The van der Waals surface area contributed by atoms with Gasteiger partial charge in [0, 0.05) is 6.08 Å². The lowest BCUT2D eigenvalue weighted by Gasteiger charge is -1.93. The molecule has 6 nitrogen and oxygen atoms in total. The summed E-state index contributed by atoms with van der Waals surface area (Å²) in [5.74, 6) is -2.99. The summed E-state index contributed by atoms with van der Waals surface area (Å²) in [6.07, 6.45) is 2.91. The smallest absolute Gasteiger partial charge is 0.341 e. The van der Waals surface area contributed by atoms with Gasteiger partial charge in [0.15, 0.2) is 0 Å². The Morgan fingerprint density at radius 1 is 1.46 bits per heavy atom. The second-order valence-corrected chi connectivity index (χ2v) is 2.04. The summed E-state index contributed by atoms with van der Waals surface area (Å²) in [6.45, 7) is 0. The molecule has 0 fully saturated rings. The third-order valence-corrected chi connectivity index (χ3v) is 1.16. The molecule has 0 atom stereocenters. The molecule has 68 valence electrons. The van der Waals surface area contributed by atoms with Crippen LogP contribution in [0.1, 0.15) is 5.89 Å². The van der Waals surface area contributed by atoms with E-state index in [1.165, 1.54) is 6.20 Å². The summed E-state index contributed by atoms with van der Waals surface area (Å²) in [5, 5.41) is 16.9. The lowest BCUT2D eigenvalue weighted by atomic mass is 10.2. The van der Waals surface area contributed by atoms with E-state index in [2.05, 4.69) is 9.40 Å².